The van der Waals surface area contributed by atoms with Crippen LogP contribution in [0.3, 0.4) is 0 Å². The summed E-state index contributed by atoms with van der Waals surface area (Å²) < 4.78 is 2.64. The minimum Gasteiger partial charge on any atom is -0.330 e. The molecule has 0 saturated carbocycles. The van der Waals surface area contributed by atoms with E-state index in [-0.39, 0.29) is 9.68 Å². The van der Waals surface area contributed by atoms with E-state index in [4.69, 9.17) is 0 Å². The Morgan fingerprint density at radius 3 is 2.10 bits per heavy atom. The molecule has 0 atom stereocenters. The summed E-state index contributed by atoms with van der Waals surface area (Å²) in [5.74, 6) is 0. The molecular weight excluding hydrogens is 154 g/mol. The van der Waals surface area contributed by atoms with Gasteiger partial charge in [-0.15, -0.1) is 0 Å². The van der Waals surface area contributed by atoms with Crippen molar-refractivity contribution >= 4 is 19.2 Å². The molecule has 0 aliphatic carbocycles. The summed E-state index contributed by atoms with van der Waals surface area (Å²) >= 11 is 0. The minimum absolute atomic E-state index is 0.182. The van der Waals surface area contributed by atoms with E-state index in [1.54, 1.807) is 12.1 Å². The average molecular weight is 175 g/mol. The molecule has 0 aromatic heterocycles. The van der Waals surface area contributed by atoms with Crippen LogP contribution in [-0.2, 0) is 0 Å². The number of hydrogen-bond donors (Lipinski definition) is 0. The van der Waals surface area contributed by atoms with Gasteiger partial charge in [-0.25, -0.2) is 0 Å². The number of nitrogens with zero attached hydrogens (tertiary/aromatic N) is 1. The van der Waals surface area contributed by atoms with E-state index in [0.717, 1.165) is 0 Å². The van der Waals surface area contributed by atoms with Crippen LogP contribution in [0.5, 0.6) is 0 Å². The Kier molecular flexibility index (Phi) is 7.80. The standard InChI is InChI=1S/C7H21NSi2/c1-4-8(5-2)10-7-6-9-3/h4-7,9-10H2,1-3H3. The first-order valence-electron chi connectivity index (χ1n) is 4.57. The van der Waals surface area contributed by atoms with E-state index in [1.165, 1.54) is 13.1 Å². The number of hydrogen-bond acceptors (Lipinski definition) is 1. The molecular formula is C7H21NSi2. The summed E-state index contributed by atoms with van der Waals surface area (Å²) in [5.41, 5.74) is 0. The Morgan fingerprint density at radius 2 is 1.70 bits per heavy atom. The van der Waals surface area contributed by atoms with E-state index >= 15 is 0 Å². The molecule has 0 aliphatic rings. The third kappa shape index (κ3) is 5.20. The van der Waals surface area contributed by atoms with Gasteiger partial charge in [-0.1, -0.05) is 32.5 Å². The lowest BCUT2D eigenvalue weighted by atomic mass is 10.7. The van der Waals surface area contributed by atoms with Gasteiger partial charge in [0, 0.05) is 9.52 Å². The van der Waals surface area contributed by atoms with E-state index in [9.17, 15) is 0 Å². The molecule has 62 valence electrons. The van der Waals surface area contributed by atoms with Crippen LogP contribution in [0, 0.1) is 0 Å². The lowest BCUT2D eigenvalue weighted by molar-refractivity contribution is 0.492. The first kappa shape index (κ1) is 10.4. The van der Waals surface area contributed by atoms with Crippen molar-refractivity contribution < 1.29 is 0 Å². The van der Waals surface area contributed by atoms with Gasteiger partial charge in [0.1, 0.15) is 0 Å². The highest BCUT2D eigenvalue weighted by Crippen LogP contribution is 1.92. The fourth-order valence-corrected chi connectivity index (χ4v) is 5.10. The van der Waals surface area contributed by atoms with Gasteiger partial charge in [-0.05, 0) is 13.1 Å². The topological polar surface area (TPSA) is 3.24 Å². The first-order chi connectivity index (χ1) is 4.85. The van der Waals surface area contributed by atoms with Gasteiger partial charge in [0.2, 0.25) is 0 Å². The van der Waals surface area contributed by atoms with Gasteiger partial charge in [0.05, 0.1) is 9.68 Å². The van der Waals surface area contributed by atoms with Gasteiger partial charge in [0.25, 0.3) is 0 Å². The molecule has 1 nitrogen and oxygen atoms in total. The lowest BCUT2D eigenvalue weighted by Crippen LogP contribution is -2.26. The summed E-state index contributed by atoms with van der Waals surface area (Å²) in [6.45, 7) is 9.54. The van der Waals surface area contributed by atoms with E-state index in [0.29, 0.717) is 9.52 Å². The van der Waals surface area contributed by atoms with Gasteiger partial charge in [-0.2, -0.15) is 0 Å². The third-order valence-electron chi connectivity index (χ3n) is 1.97. The van der Waals surface area contributed by atoms with Crippen LogP contribution in [0.2, 0.25) is 18.6 Å². The van der Waals surface area contributed by atoms with Crippen molar-refractivity contribution in [1.29, 1.82) is 0 Å². The van der Waals surface area contributed by atoms with Crippen LogP contribution in [-0.4, -0.2) is 36.9 Å². The molecule has 0 unspecified atom stereocenters. The second-order valence-electron chi connectivity index (χ2n) is 2.73. The highest BCUT2D eigenvalue weighted by Gasteiger charge is 1.96. The zero-order valence-electron chi connectivity index (χ0n) is 7.69. The zero-order valence-corrected chi connectivity index (χ0v) is 10.5. The fourth-order valence-electron chi connectivity index (χ4n) is 1.13. The van der Waals surface area contributed by atoms with Crippen molar-refractivity contribution in [3.8, 4) is 0 Å². The van der Waals surface area contributed by atoms with Gasteiger partial charge in [-0.3, -0.25) is 0 Å². The highest BCUT2D eigenvalue weighted by atomic mass is 28.2. The second kappa shape index (κ2) is 7.50. The summed E-state index contributed by atoms with van der Waals surface area (Å²) in [5, 5.41) is 0. The Labute approximate surface area is 69.9 Å². The molecule has 0 fully saturated rings. The van der Waals surface area contributed by atoms with Crippen LogP contribution >= 0.6 is 0 Å². The van der Waals surface area contributed by atoms with Crippen molar-refractivity contribution in [3.05, 3.63) is 0 Å². The van der Waals surface area contributed by atoms with Crippen LogP contribution < -0.4 is 0 Å². The minimum atomic E-state index is 0.182. The molecule has 0 bridgehead atoms. The van der Waals surface area contributed by atoms with Crippen LogP contribution in [0.25, 0.3) is 0 Å². The molecule has 0 rings (SSSR count). The molecule has 0 N–H and O–H groups in total. The Morgan fingerprint density at radius 1 is 1.10 bits per heavy atom. The Hall–Kier alpha value is 0.394. The fraction of sp³-hybridized carbons (Fsp3) is 1.00. The first-order valence-corrected chi connectivity index (χ1v) is 8.62. The summed E-state index contributed by atoms with van der Waals surface area (Å²) in [7, 11) is 0.546. The molecule has 0 aromatic rings. The predicted molar refractivity (Wildman–Crippen MR) is 55.5 cm³/mol. The molecule has 0 heterocycles. The van der Waals surface area contributed by atoms with Crippen molar-refractivity contribution in [2.45, 2.75) is 32.5 Å². The number of rotatable bonds is 6. The molecule has 10 heavy (non-hydrogen) atoms. The highest BCUT2D eigenvalue weighted by molar-refractivity contribution is 6.39. The van der Waals surface area contributed by atoms with E-state index in [2.05, 4.69) is 25.0 Å². The molecule has 0 radical (unpaired) electrons. The summed E-state index contributed by atoms with van der Waals surface area (Å²) in [6, 6.07) is 3.16. The van der Waals surface area contributed by atoms with E-state index in [1.807, 2.05) is 0 Å². The van der Waals surface area contributed by atoms with Crippen molar-refractivity contribution in [1.82, 2.24) is 4.57 Å². The summed E-state index contributed by atoms with van der Waals surface area (Å²) in [6.07, 6.45) is 0. The Balaban J connectivity index is 3.09. The predicted octanol–water partition coefficient (Wildman–Crippen LogP) is 0.465. The average Bonchev–Trinajstić information content (AvgIpc) is 1.99. The van der Waals surface area contributed by atoms with Crippen LogP contribution in [0.1, 0.15) is 13.8 Å². The van der Waals surface area contributed by atoms with Crippen molar-refractivity contribution in [2.24, 2.45) is 0 Å². The molecule has 0 saturated heterocycles. The zero-order chi connectivity index (χ0) is 7.82. The quantitative estimate of drug-likeness (QED) is 0.419. The van der Waals surface area contributed by atoms with E-state index < -0.39 is 0 Å². The van der Waals surface area contributed by atoms with Crippen molar-refractivity contribution in [2.75, 3.05) is 13.1 Å². The van der Waals surface area contributed by atoms with Gasteiger partial charge >= 0.3 is 0 Å². The maximum atomic E-state index is 2.64. The molecule has 0 amide bonds. The molecule has 3 heteroatoms. The molecule has 0 aromatic carbocycles. The van der Waals surface area contributed by atoms with Gasteiger partial charge < -0.3 is 4.57 Å². The lowest BCUT2D eigenvalue weighted by Gasteiger charge is -2.16. The maximum Gasteiger partial charge on any atom is 0.0947 e. The van der Waals surface area contributed by atoms with Crippen LogP contribution in [0.4, 0.5) is 0 Å². The molecule has 0 spiro atoms. The van der Waals surface area contributed by atoms with Crippen molar-refractivity contribution in [3.63, 3.8) is 0 Å². The van der Waals surface area contributed by atoms with Gasteiger partial charge in [0.15, 0.2) is 0 Å². The monoisotopic (exact) mass is 175 g/mol. The summed E-state index contributed by atoms with van der Waals surface area (Å²) in [4.78, 5) is 0. The Bertz CT molecular complexity index is 64.6. The smallest absolute Gasteiger partial charge is 0.0947 e. The SMILES string of the molecule is CCN(CC)[SiH2]CC[SiH2]C. The maximum absolute atomic E-state index is 2.64. The third-order valence-corrected chi connectivity index (χ3v) is 6.52. The largest absolute Gasteiger partial charge is 0.330 e. The molecule has 0 aliphatic heterocycles. The van der Waals surface area contributed by atoms with Crippen LogP contribution in [0.15, 0.2) is 0 Å². The second-order valence-corrected chi connectivity index (χ2v) is 6.49. The normalized spacial score (nSPS) is 13.2.